The molecule has 6 heteroatoms. The Labute approximate surface area is 165 Å². The Kier molecular flexibility index (Phi) is 5.99. The second-order valence-corrected chi connectivity index (χ2v) is 7.01. The van der Waals surface area contributed by atoms with Gasteiger partial charge >= 0.3 is 0 Å². The average molecular weight is 379 g/mol. The van der Waals surface area contributed by atoms with E-state index < -0.39 is 0 Å². The molecule has 0 atom stereocenters. The molecule has 146 valence electrons. The van der Waals surface area contributed by atoms with Crippen LogP contribution in [0.3, 0.4) is 0 Å². The molecule has 0 bridgehead atoms. The number of benzene rings is 2. The monoisotopic (exact) mass is 379 g/mol. The van der Waals surface area contributed by atoms with E-state index in [1.54, 1.807) is 0 Å². The molecule has 2 heterocycles. The highest BCUT2D eigenvalue weighted by molar-refractivity contribution is 5.91. The number of nitrogens with one attached hydrogen (secondary N) is 1. The smallest absolute Gasteiger partial charge is 0.296 e. The van der Waals surface area contributed by atoms with E-state index in [0.717, 1.165) is 24.1 Å². The topological polar surface area (TPSA) is 63.2 Å². The van der Waals surface area contributed by atoms with E-state index in [9.17, 15) is 4.79 Å². The number of carbonyl (C=O) groups is 1. The molecule has 0 spiro atoms. The number of hydrogen-bond acceptors (Lipinski definition) is 5. The molecule has 2 aromatic carbocycles. The molecule has 0 unspecified atom stereocenters. The third-order valence-electron chi connectivity index (χ3n) is 5.10. The Morgan fingerprint density at radius 2 is 1.68 bits per heavy atom. The number of ether oxygens (including phenoxy) is 2. The molecule has 0 aliphatic carbocycles. The Balaban J connectivity index is 1.54. The summed E-state index contributed by atoms with van der Waals surface area (Å²) in [6.45, 7) is 3.48. The van der Waals surface area contributed by atoms with Crippen molar-refractivity contribution < 1.29 is 14.3 Å². The molecule has 0 radical (unpaired) electrons. The number of hydrogen-bond donors (Lipinski definition) is 1. The van der Waals surface area contributed by atoms with Crippen LogP contribution >= 0.6 is 0 Å². The lowest BCUT2D eigenvalue weighted by molar-refractivity contribution is -0.117. The lowest BCUT2D eigenvalue weighted by Crippen LogP contribution is -2.39. The predicted octanol–water partition coefficient (Wildman–Crippen LogP) is 2.26. The summed E-state index contributed by atoms with van der Waals surface area (Å²) < 4.78 is 11.7. The first kappa shape index (κ1) is 18.7. The number of amides is 1. The zero-order valence-electron chi connectivity index (χ0n) is 15.9. The van der Waals surface area contributed by atoms with Crippen molar-refractivity contribution in [3.8, 4) is 0 Å². The highest BCUT2D eigenvalue weighted by Crippen LogP contribution is 2.15. The molecular weight excluding hydrogens is 354 g/mol. The molecule has 0 saturated heterocycles. The summed E-state index contributed by atoms with van der Waals surface area (Å²) in [5, 5.41) is 3.28. The molecule has 4 rings (SSSR count). The van der Waals surface area contributed by atoms with Gasteiger partial charge in [-0.25, -0.2) is 0 Å². The van der Waals surface area contributed by atoms with Crippen LogP contribution in [0.15, 0.2) is 53.5 Å². The molecule has 0 aromatic heterocycles. The van der Waals surface area contributed by atoms with Gasteiger partial charge in [-0.15, -0.1) is 0 Å². The van der Waals surface area contributed by atoms with Crippen molar-refractivity contribution in [2.45, 2.75) is 26.0 Å². The van der Waals surface area contributed by atoms with Crippen molar-refractivity contribution in [2.24, 2.45) is 4.99 Å². The molecule has 0 fully saturated rings. The van der Waals surface area contributed by atoms with Gasteiger partial charge in [-0.1, -0.05) is 48.5 Å². The molecule has 1 N–H and O–H groups in total. The van der Waals surface area contributed by atoms with E-state index >= 15 is 0 Å². The van der Waals surface area contributed by atoms with Gasteiger partial charge in [0.25, 0.3) is 11.9 Å². The Bertz CT molecular complexity index is 866. The fraction of sp³-hybridized carbons (Fsp3) is 0.364. The maximum absolute atomic E-state index is 12.6. The summed E-state index contributed by atoms with van der Waals surface area (Å²) >= 11 is 0. The molecule has 2 aliphatic heterocycles. The quantitative estimate of drug-likeness (QED) is 0.761. The van der Waals surface area contributed by atoms with Gasteiger partial charge < -0.3 is 14.4 Å². The maximum atomic E-state index is 12.6. The van der Waals surface area contributed by atoms with Crippen LogP contribution in [0.4, 0.5) is 0 Å². The van der Waals surface area contributed by atoms with Gasteiger partial charge in [-0.3, -0.25) is 10.1 Å². The molecule has 2 aromatic rings. The van der Waals surface area contributed by atoms with Crippen molar-refractivity contribution in [1.82, 2.24) is 10.2 Å². The SMILES string of the molecule is O=C1Cc2ccccc2CNCO/C(N2CCOCc3ccccc3CC2)=N\1. The van der Waals surface area contributed by atoms with Crippen LogP contribution in [-0.2, 0) is 40.3 Å². The zero-order valence-corrected chi connectivity index (χ0v) is 15.9. The van der Waals surface area contributed by atoms with Crippen LogP contribution in [0.2, 0.25) is 0 Å². The first-order valence-electron chi connectivity index (χ1n) is 9.71. The first-order chi connectivity index (χ1) is 13.8. The second-order valence-electron chi connectivity index (χ2n) is 7.01. The van der Waals surface area contributed by atoms with Gasteiger partial charge in [-0.05, 0) is 28.7 Å². The minimum Gasteiger partial charge on any atom is -0.449 e. The largest absolute Gasteiger partial charge is 0.449 e. The molecular formula is C22H25N3O3. The van der Waals surface area contributed by atoms with Crippen molar-refractivity contribution in [1.29, 1.82) is 0 Å². The summed E-state index contributed by atoms with van der Waals surface area (Å²) in [5.41, 5.74) is 4.58. The van der Waals surface area contributed by atoms with Crippen LogP contribution in [0, 0.1) is 0 Å². The highest BCUT2D eigenvalue weighted by Gasteiger charge is 2.19. The van der Waals surface area contributed by atoms with Crippen molar-refractivity contribution in [2.75, 3.05) is 26.4 Å². The minimum atomic E-state index is -0.189. The highest BCUT2D eigenvalue weighted by atomic mass is 16.5. The van der Waals surface area contributed by atoms with Crippen LogP contribution in [-0.4, -0.2) is 43.3 Å². The number of fused-ring (bicyclic) bond motifs is 2. The molecule has 28 heavy (non-hydrogen) atoms. The van der Waals surface area contributed by atoms with Gasteiger partial charge in [0.05, 0.1) is 19.6 Å². The van der Waals surface area contributed by atoms with Crippen LogP contribution < -0.4 is 5.32 Å². The summed E-state index contributed by atoms with van der Waals surface area (Å²) in [6, 6.07) is 16.6. The predicted molar refractivity (Wildman–Crippen MR) is 107 cm³/mol. The number of nitrogens with zero attached hydrogens (tertiary/aromatic N) is 2. The van der Waals surface area contributed by atoms with Gasteiger partial charge in [-0.2, -0.15) is 4.99 Å². The summed E-state index contributed by atoms with van der Waals surface area (Å²) in [6.07, 6.45) is 1.13. The van der Waals surface area contributed by atoms with E-state index in [2.05, 4.69) is 22.4 Å². The van der Waals surface area contributed by atoms with Gasteiger partial charge in [0.15, 0.2) is 0 Å². The minimum absolute atomic E-state index is 0.189. The maximum Gasteiger partial charge on any atom is 0.296 e. The van der Waals surface area contributed by atoms with Gasteiger partial charge in [0, 0.05) is 19.6 Å². The number of amidine groups is 1. The van der Waals surface area contributed by atoms with Crippen molar-refractivity contribution >= 4 is 11.9 Å². The summed E-state index contributed by atoms with van der Waals surface area (Å²) in [4.78, 5) is 18.9. The van der Waals surface area contributed by atoms with Gasteiger partial charge in [0.1, 0.15) is 6.73 Å². The third kappa shape index (κ3) is 4.58. The number of carbonyl (C=O) groups excluding carboxylic acids is 1. The van der Waals surface area contributed by atoms with E-state index in [0.29, 0.717) is 39.1 Å². The van der Waals surface area contributed by atoms with E-state index in [1.165, 1.54) is 11.1 Å². The number of aliphatic imine (C=N–C) groups is 1. The Hall–Kier alpha value is -2.70. The molecule has 0 saturated carbocycles. The van der Waals surface area contributed by atoms with E-state index in [4.69, 9.17) is 9.47 Å². The van der Waals surface area contributed by atoms with Crippen molar-refractivity contribution in [3.05, 3.63) is 70.8 Å². The lowest BCUT2D eigenvalue weighted by atomic mass is 10.0. The number of rotatable bonds is 0. The molecule has 6 nitrogen and oxygen atoms in total. The normalized spacial score (nSPS) is 20.4. The van der Waals surface area contributed by atoms with E-state index in [-0.39, 0.29) is 12.3 Å². The first-order valence-corrected chi connectivity index (χ1v) is 9.71. The second kappa shape index (κ2) is 8.99. The fourth-order valence-corrected chi connectivity index (χ4v) is 3.56. The summed E-state index contributed by atoms with van der Waals surface area (Å²) in [7, 11) is 0. The van der Waals surface area contributed by atoms with E-state index in [1.807, 2.05) is 41.3 Å². The van der Waals surface area contributed by atoms with Crippen molar-refractivity contribution in [3.63, 3.8) is 0 Å². The van der Waals surface area contributed by atoms with Crippen LogP contribution in [0.25, 0.3) is 0 Å². The molecule has 2 aliphatic rings. The third-order valence-corrected chi connectivity index (χ3v) is 5.10. The fourth-order valence-electron chi connectivity index (χ4n) is 3.56. The summed E-state index contributed by atoms with van der Waals surface area (Å²) in [5.74, 6) is -0.189. The standard InChI is InChI=1S/C22H25N3O3/c26-21-13-18-6-2-3-7-19(18)14-23-16-28-22(24-21)25-10-9-17-5-1-4-8-20(17)15-27-12-11-25/h1-8,23H,9-16H2/b24-22-. The Morgan fingerprint density at radius 1 is 0.929 bits per heavy atom. The van der Waals surface area contributed by atoms with Gasteiger partial charge in [0.2, 0.25) is 0 Å². The Morgan fingerprint density at radius 3 is 2.54 bits per heavy atom. The average Bonchev–Trinajstić information content (AvgIpc) is 2.82. The zero-order chi connectivity index (χ0) is 19.2. The van der Waals surface area contributed by atoms with Crippen LogP contribution in [0.5, 0.6) is 0 Å². The van der Waals surface area contributed by atoms with Crippen LogP contribution in [0.1, 0.15) is 22.3 Å². The lowest BCUT2D eigenvalue weighted by Gasteiger charge is -2.25. The molecule has 1 amide bonds.